The van der Waals surface area contributed by atoms with Crippen molar-refractivity contribution < 1.29 is 14.3 Å². The summed E-state index contributed by atoms with van der Waals surface area (Å²) in [7, 11) is 0. The molecule has 1 fully saturated rings. The lowest BCUT2D eigenvalue weighted by Gasteiger charge is -2.09. The number of esters is 1. The van der Waals surface area contributed by atoms with Gasteiger partial charge in [-0.25, -0.2) is 4.79 Å². The molecule has 1 aliphatic heterocycles. The molecule has 0 radical (unpaired) electrons. The van der Waals surface area contributed by atoms with Crippen molar-refractivity contribution in [3.8, 4) is 5.75 Å². The van der Waals surface area contributed by atoms with Crippen LogP contribution in [0.5, 0.6) is 5.75 Å². The molecule has 1 saturated heterocycles. The van der Waals surface area contributed by atoms with Crippen molar-refractivity contribution in [1.82, 2.24) is 0 Å². The number of cyclic esters (lactones) is 1. The molecule has 1 heterocycles. The number of rotatable bonds is 7. The molecule has 3 nitrogen and oxygen atoms in total. The zero-order valence-electron chi connectivity index (χ0n) is 14.6. The number of carbonyl (C=O) groups excluding carboxylic acids is 1. The molecule has 130 valence electrons. The van der Waals surface area contributed by atoms with Gasteiger partial charge in [0.1, 0.15) is 5.75 Å². The van der Waals surface area contributed by atoms with Crippen LogP contribution >= 0.6 is 0 Å². The SMILES string of the molecule is CCCCOc1ccc(/C=C2\C(=O)OC[C@@H]2Cc2ccccc2)cc1. The molecule has 1 atom stereocenters. The Balaban J connectivity index is 1.70. The van der Waals surface area contributed by atoms with E-state index >= 15 is 0 Å². The molecule has 25 heavy (non-hydrogen) atoms. The Morgan fingerprint density at radius 3 is 2.60 bits per heavy atom. The van der Waals surface area contributed by atoms with Crippen LogP contribution < -0.4 is 4.74 Å². The summed E-state index contributed by atoms with van der Waals surface area (Å²) < 4.78 is 11.0. The molecular formula is C22H24O3. The Bertz CT molecular complexity index is 717. The second kappa shape index (κ2) is 8.52. The Morgan fingerprint density at radius 1 is 1.12 bits per heavy atom. The van der Waals surface area contributed by atoms with Crippen LogP contribution in [-0.2, 0) is 16.0 Å². The molecule has 0 N–H and O–H groups in total. The van der Waals surface area contributed by atoms with E-state index in [9.17, 15) is 4.79 Å². The molecule has 0 aromatic heterocycles. The molecule has 0 aliphatic carbocycles. The van der Waals surface area contributed by atoms with Gasteiger partial charge in [-0.3, -0.25) is 0 Å². The van der Waals surface area contributed by atoms with E-state index in [1.54, 1.807) is 0 Å². The van der Waals surface area contributed by atoms with Crippen molar-refractivity contribution in [2.45, 2.75) is 26.2 Å². The normalized spacial score (nSPS) is 18.4. The lowest BCUT2D eigenvalue weighted by atomic mass is 9.93. The van der Waals surface area contributed by atoms with Crippen LogP contribution in [0, 0.1) is 5.92 Å². The molecule has 3 rings (SSSR count). The lowest BCUT2D eigenvalue weighted by molar-refractivity contribution is -0.135. The molecule has 2 aromatic carbocycles. The summed E-state index contributed by atoms with van der Waals surface area (Å²) >= 11 is 0. The quantitative estimate of drug-likeness (QED) is 0.419. The van der Waals surface area contributed by atoms with E-state index in [2.05, 4.69) is 19.1 Å². The van der Waals surface area contributed by atoms with Crippen molar-refractivity contribution in [3.05, 3.63) is 71.3 Å². The Hall–Kier alpha value is -2.55. The van der Waals surface area contributed by atoms with E-state index in [0.29, 0.717) is 6.61 Å². The monoisotopic (exact) mass is 336 g/mol. The van der Waals surface area contributed by atoms with Gasteiger partial charge in [-0.2, -0.15) is 0 Å². The first kappa shape index (κ1) is 17.3. The highest BCUT2D eigenvalue weighted by Gasteiger charge is 2.30. The third kappa shape index (κ3) is 4.72. The molecule has 0 unspecified atom stereocenters. The largest absolute Gasteiger partial charge is 0.494 e. The maximum absolute atomic E-state index is 12.1. The summed E-state index contributed by atoms with van der Waals surface area (Å²) in [5.41, 5.74) is 2.97. The minimum atomic E-state index is -0.204. The molecule has 1 aliphatic rings. The van der Waals surface area contributed by atoms with Crippen LogP contribution in [0.3, 0.4) is 0 Å². The van der Waals surface area contributed by atoms with Gasteiger partial charge in [-0.1, -0.05) is 55.8 Å². The average molecular weight is 336 g/mol. The summed E-state index contributed by atoms with van der Waals surface area (Å²) in [5.74, 6) is 0.769. The highest BCUT2D eigenvalue weighted by atomic mass is 16.5. The molecule has 0 spiro atoms. The predicted molar refractivity (Wildman–Crippen MR) is 99.4 cm³/mol. The fraction of sp³-hybridized carbons (Fsp3) is 0.318. The van der Waals surface area contributed by atoms with Crippen molar-refractivity contribution >= 4 is 12.0 Å². The molecule has 0 saturated carbocycles. The van der Waals surface area contributed by atoms with Crippen molar-refractivity contribution in [2.75, 3.05) is 13.2 Å². The fourth-order valence-electron chi connectivity index (χ4n) is 2.93. The van der Waals surface area contributed by atoms with Gasteiger partial charge in [0.05, 0.1) is 13.2 Å². The fourth-order valence-corrected chi connectivity index (χ4v) is 2.93. The maximum atomic E-state index is 12.1. The summed E-state index contributed by atoms with van der Waals surface area (Å²) in [4.78, 5) is 12.1. The van der Waals surface area contributed by atoms with E-state index < -0.39 is 0 Å². The number of hydrogen-bond acceptors (Lipinski definition) is 3. The second-order valence-corrected chi connectivity index (χ2v) is 6.36. The van der Waals surface area contributed by atoms with Crippen molar-refractivity contribution in [1.29, 1.82) is 0 Å². The predicted octanol–water partition coefficient (Wildman–Crippen LogP) is 4.66. The average Bonchev–Trinajstić information content (AvgIpc) is 2.98. The zero-order chi connectivity index (χ0) is 17.5. The minimum absolute atomic E-state index is 0.107. The smallest absolute Gasteiger partial charge is 0.334 e. The van der Waals surface area contributed by atoms with E-state index in [1.807, 2.05) is 48.5 Å². The van der Waals surface area contributed by atoms with Crippen LogP contribution in [-0.4, -0.2) is 19.2 Å². The first-order valence-corrected chi connectivity index (χ1v) is 8.91. The van der Waals surface area contributed by atoms with Crippen LogP contribution in [0.1, 0.15) is 30.9 Å². The van der Waals surface area contributed by atoms with Gasteiger partial charge in [-0.15, -0.1) is 0 Å². The molecule has 0 amide bonds. The topological polar surface area (TPSA) is 35.5 Å². The maximum Gasteiger partial charge on any atom is 0.334 e. The van der Waals surface area contributed by atoms with Crippen LogP contribution in [0.15, 0.2) is 60.2 Å². The number of hydrogen-bond donors (Lipinski definition) is 0. The summed E-state index contributed by atoms with van der Waals surface area (Å²) in [5, 5.41) is 0. The summed E-state index contributed by atoms with van der Waals surface area (Å²) in [6, 6.07) is 18.1. The van der Waals surface area contributed by atoms with E-state index in [0.717, 1.165) is 42.8 Å². The molecule has 0 bridgehead atoms. The Morgan fingerprint density at radius 2 is 1.88 bits per heavy atom. The number of ether oxygens (including phenoxy) is 2. The van der Waals surface area contributed by atoms with Crippen LogP contribution in [0.25, 0.3) is 6.08 Å². The standard InChI is InChI=1S/C22H24O3/c1-2-3-13-24-20-11-9-18(10-12-20)15-21-19(16-25-22(21)23)14-17-7-5-4-6-8-17/h4-12,15,19H,2-3,13-14,16H2,1H3/b21-15-/t19-/m0/s1. The zero-order valence-corrected chi connectivity index (χ0v) is 14.6. The Labute approximate surface area is 149 Å². The van der Waals surface area contributed by atoms with Gasteiger partial charge in [0.2, 0.25) is 0 Å². The van der Waals surface area contributed by atoms with Crippen molar-refractivity contribution in [2.24, 2.45) is 5.92 Å². The van der Waals surface area contributed by atoms with E-state index in [4.69, 9.17) is 9.47 Å². The van der Waals surface area contributed by atoms with E-state index in [-0.39, 0.29) is 11.9 Å². The number of unbranched alkanes of at least 4 members (excludes halogenated alkanes) is 1. The first-order chi connectivity index (χ1) is 12.3. The first-order valence-electron chi connectivity index (χ1n) is 8.91. The van der Waals surface area contributed by atoms with Gasteiger partial charge in [0.25, 0.3) is 0 Å². The lowest BCUT2D eigenvalue weighted by Crippen LogP contribution is -2.07. The highest BCUT2D eigenvalue weighted by molar-refractivity contribution is 5.96. The third-order valence-corrected chi connectivity index (χ3v) is 4.38. The van der Waals surface area contributed by atoms with Gasteiger partial charge in [-0.05, 0) is 42.2 Å². The van der Waals surface area contributed by atoms with Gasteiger partial charge in [0.15, 0.2) is 0 Å². The Kier molecular flexibility index (Phi) is 5.89. The van der Waals surface area contributed by atoms with Crippen molar-refractivity contribution in [3.63, 3.8) is 0 Å². The summed E-state index contributed by atoms with van der Waals surface area (Å²) in [6.07, 6.45) is 4.93. The van der Waals surface area contributed by atoms with E-state index in [1.165, 1.54) is 5.56 Å². The van der Waals surface area contributed by atoms with Crippen LogP contribution in [0.4, 0.5) is 0 Å². The van der Waals surface area contributed by atoms with Gasteiger partial charge in [0, 0.05) is 11.5 Å². The number of carbonyl (C=O) groups is 1. The third-order valence-electron chi connectivity index (χ3n) is 4.38. The minimum Gasteiger partial charge on any atom is -0.494 e. The molecule has 3 heteroatoms. The second-order valence-electron chi connectivity index (χ2n) is 6.36. The molecule has 2 aromatic rings. The molecular weight excluding hydrogens is 312 g/mol. The summed E-state index contributed by atoms with van der Waals surface area (Å²) in [6.45, 7) is 3.34. The number of benzene rings is 2. The van der Waals surface area contributed by atoms with Gasteiger partial charge < -0.3 is 9.47 Å². The van der Waals surface area contributed by atoms with Crippen LogP contribution in [0.2, 0.25) is 0 Å². The van der Waals surface area contributed by atoms with Gasteiger partial charge >= 0.3 is 5.97 Å². The highest BCUT2D eigenvalue weighted by Crippen LogP contribution is 2.27.